The third-order valence-electron chi connectivity index (χ3n) is 3.92. The molecule has 0 bridgehead atoms. The molecule has 1 N–H and O–H groups in total. The minimum absolute atomic E-state index is 0.898. The van der Waals surface area contributed by atoms with Crippen LogP contribution in [0.25, 0.3) is 17.2 Å². The maximum absolute atomic E-state index is 10.1. The largest absolute Gasteiger partial charge is 0.478 e. The van der Waals surface area contributed by atoms with Gasteiger partial charge in [-0.2, -0.15) is 0 Å². The minimum atomic E-state index is -0.922. The Morgan fingerprint density at radius 3 is 1.79 bits per heavy atom. The summed E-state index contributed by atoms with van der Waals surface area (Å²) < 4.78 is 0. The van der Waals surface area contributed by atoms with Gasteiger partial charge in [0.25, 0.3) is 0 Å². The fourth-order valence-corrected chi connectivity index (χ4v) is 2.81. The SMILES string of the molecule is O=C(O)/C=C/c1ccccc1.c1ccc2c(c1)Cc1ccccc1-2. The van der Waals surface area contributed by atoms with E-state index >= 15 is 0 Å². The summed E-state index contributed by atoms with van der Waals surface area (Å²) in [6, 6.07) is 26.6. The number of carboxylic acid groups (broad SMARTS) is 1. The third-order valence-corrected chi connectivity index (χ3v) is 3.92. The predicted molar refractivity (Wildman–Crippen MR) is 97.8 cm³/mol. The molecule has 0 spiro atoms. The summed E-state index contributed by atoms with van der Waals surface area (Å²) >= 11 is 0. The number of fused-ring (bicyclic) bond motifs is 3. The van der Waals surface area contributed by atoms with Gasteiger partial charge in [0.05, 0.1) is 0 Å². The zero-order valence-corrected chi connectivity index (χ0v) is 13.2. The van der Waals surface area contributed by atoms with Crippen molar-refractivity contribution in [2.45, 2.75) is 6.42 Å². The molecule has 0 aromatic heterocycles. The van der Waals surface area contributed by atoms with Crippen molar-refractivity contribution >= 4 is 12.0 Å². The normalized spacial score (nSPS) is 11.3. The molecular weight excluding hydrogens is 296 g/mol. The van der Waals surface area contributed by atoms with Crippen LogP contribution in [0.5, 0.6) is 0 Å². The van der Waals surface area contributed by atoms with Crippen molar-refractivity contribution in [1.82, 2.24) is 0 Å². The molecule has 0 saturated carbocycles. The van der Waals surface area contributed by atoms with Gasteiger partial charge in [-0.05, 0) is 40.3 Å². The molecule has 0 fully saturated rings. The van der Waals surface area contributed by atoms with Crippen LogP contribution in [0, 0.1) is 0 Å². The van der Waals surface area contributed by atoms with Gasteiger partial charge in [0.2, 0.25) is 0 Å². The van der Waals surface area contributed by atoms with E-state index in [1.54, 1.807) is 6.08 Å². The number of hydrogen-bond donors (Lipinski definition) is 1. The molecule has 2 heteroatoms. The number of carbonyl (C=O) groups is 1. The molecule has 3 aromatic carbocycles. The molecule has 0 saturated heterocycles. The van der Waals surface area contributed by atoms with Crippen LogP contribution < -0.4 is 0 Å². The third kappa shape index (κ3) is 3.79. The number of carboxylic acids is 1. The van der Waals surface area contributed by atoms with E-state index in [9.17, 15) is 4.79 Å². The lowest BCUT2D eigenvalue weighted by atomic mass is 10.1. The van der Waals surface area contributed by atoms with E-state index in [2.05, 4.69) is 48.5 Å². The molecule has 118 valence electrons. The van der Waals surface area contributed by atoms with Gasteiger partial charge in [0.15, 0.2) is 0 Å². The maximum atomic E-state index is 10.1. The lowest BCUT2D eigenvalue weighted by molar-refractivity contribution is -0.131. The van der Waals surface area contributed by atoms with Gasteiger partial charge in [-0.1, -0.05) is 78.9 Å². The summed E-state index contributed by atoms with van der Waals surface area (Å²) in [5, 5.41) is 8.29. The molecule has 2 nitrogen and oxygen atoms in total. The predicted octanol–water partition coefficient (Wildman–Crippen LogP) is 5.04. The first-order valence-electron chi connectivity index (χ1n) is 7.86. The van der Waals surface area contributed by atoms with Gasteiger partial charge in [-0.3, -0.25) is 0 Å². The number of hydrogen-bond acceptors (Lipinski definition) is 1. The average molecular weight is 314 g/mol. The van der Waals surface area contributed by atoms with Crippen molar-refractivity contribution in [2.75, 3.05) is 0 Å². The van der Waals surface area contributed by atoms with Gasteiger partial charge in [0, 0.05) is 6.08 Å². The van der Waals surface area contributed by atoms with Gasteiger partial charge in [0.1, 0.15) is 0 Å². The topological polar surface area (TPSA) is 37.3 Å². The number of aliphatic carboxylic acids is 1. The van der Waals surface area contributed by atoms with Crippen LogP contribution in [-0.4, -0.2) is 11.1 Å². The second-order valence-corrected chi connectivity index (χ2v) is 5.57. The monoisotopic (exact) mass is 314 g/mol. The molecule has 0 unspecified atom stereocenters. The van der Waals surface area contributed by atoms with Gasteiger partial charge in [-0.15, -0.1) is 0 Å². The molecule has 1 aliphatic carbocycles. The molecule has 0 heterocycles. The van der Waals surface area contributed by atoms with Gasteiger partial charge < -0.3 is 5.11 Å². The second-order valence-electron chi connectivity index (χ2n) is 5.57. The molecule has 0 atom stereocenters. The zero-order chi connectivity index (χ0) is 16.8. The van der Waals surface area contributed by atoms with E-state index in [1.165, 1.54) is 22.3 Å². The highest BCUT2D eigenvalue weighted by atomic mass is 16.4. The summed E-state index contributed by atoms with van der Waals surface area (Å²) in [5.41, 5.74) is 6.65. The summed E-state index contributed by atoms with van der Waals surface area (Å²) in [7, 11) is 0. The standard InChI is InChI=1S/C13H10.C9H8O2/c1-3-7-12-10(5-1)9-11-6-2-4-8-13(11)12;10-9(11)7-6-8-4-2-1-3-5-8/h1-8H,9H2;1-7H,(H,10,11)/b;7-6+. The van der Waals surface area contributed by atoms with E-state index in [-0.39, 0.29) is 0 Å². The first-order valence-corrected chi connectivity index (χ1v) is 7.86. The van der Waals surface area contributed by atoms with Crippen molar-refractivity contribution in [3.63, 3.8) is 0 Å². The Bertz CT molecular complexity index is 820. The van der Waals surface area contributed by atoms with E-state index < -0.39 is 5.97 Å². The summed E-state index contributed by atoms with van der Waals surface area (Å²) in [6.07, 6.45) is 3.78. The van der Waals surface area contributed by atoms with E-state index in [1.807, 2.05) is 30.3 Å². The maximum Gasteiger partial charge on any atom is 0.328 e. The van der Waals surface area contributed by atoms with Crippen molar-refractivity contribution in [2.24, 2.45) is 0 Å². The highest BCUT2D eigenvalue weighted by Crippen LogP contribution is 2.35. The van der Waals surface area contributed by atoms with Crippen LogP contribution in [0.15, 0.2) is 84.9 Å². The molecular formula is C22H18O2. The molecule has 24 heavy (non-hydrogen) atoms. The zero-order valence-electron chi connectivity index (χ0n) is 13.2. The van der Waals surface area contributed by atoms with Crippen molar-refractivity contribution in [3.8, 4) is 11.1 Å². The minimum Gasteiger partial charge on any atom is -0.478 e. The summed E-state index contributed by atoms with van der Waals surface area (Å²) in [4.78, 5) is 10.1. The van der Waals surface area contributed by atoms with Gasteiger partial charge in [-0.25, -0.2) is 4.79 Å². The van der Waals surface area contributed by atoms with Crippen LogP contribution in [0.4, 0.5) is 0 Å². The molecule has 0 radical (unpaired) electrons. The van der Waals surface area contributed by atoms with Crippen LogP contribution >= 0.6 is 0 Å². The first-order chi connectivity index (χ1) is 11.7. The van der Waals surface area contributed by atoms with Crippen LogP contribution in [0.1, 0.15) is 16.7 Å². The molecule has 3 aromatic rings. The fraction of sp³-hybridized carbons (Fsp3) is 0.0455. The number of benzene rings is 3. The van der Waals surface area contributed by atoms with Crippen LogP contribution in [0.3, 0.4) is 0 Å². The Labute approximate surface area is 141 Å². The Morgan fingerprint density at radius 2 is 1.25 bits per heavy atom. The smallest absolute Gasteiger partial charge is 0.328 e. The Balaban J connectivity index is 0.000000144. The van der Waals surface area contributed by atoms with E-state index in [0.717, 1.165) is 18.1 Å². The number of rotatable bonds is 2. The summed E-state index contributed by atoms with van der Waals surface area (Å²) in [5.74, 6) is -0.922. The van der Waals surface area contributed by atoms with Crippen molar-refractivity contribution < 1.29 is 9.90 Å². The summed E-state index contributed by atoms with van der Waals surface area (Å²) in [6.45, 7) is 0. The fourth-order valence-electron chi connectivity index (χ4n) is 2.81. The van der Waals surface area contributed by atoms with E-state index in [4.69, 9.17) is 5.11 Å². The van der Waals surface area contributed by atoms with Crippen molar-refractivity contribution in [3.05, 3.63) is 102 Å². The average Bonchev–Trinajstić information content (AvgIpc) is 3.00. The molecule has 4 rings (SSSR count). The van der Waals surface area contributed by atoms with Crippen LogP contribution in [0.2, 0.25) is 0 Å². The lowest BCUT2D eigenvalue weighted by Crippen LogP contribution is -1.85. The second kappa shape index (κ2) is 7.42. The Morgan fingerprint density at radius 1 is 0.750 bits per heavy atom. The molecule has 0 aliphatic heterocycles. The van der Waals surface area contributed by atoms with Crippen molar-refractivity contribution in [1.29, 1.82) is 0 Å². The van der Waals surface area contributed by atoms with Crippen LogP contribution in [-0.2, 0) is 11.2 Å². The van der Waals surface area contributed by atoms with E-state index in [0.29, 0.717) is 0 Å². The molecule has 0 amide bonds. The molecule has 1 aliphatic rings. The quantitative estimate of drug-likeness (QED) is 0.526. The Kier molecular flexibility index (Phi) is 4.87. The first kappa shape index (κ1) is 15.8. The van der Waals surface area contributed by atoms with Gasteiger partial charge >= 0.3 is 5.97 Å². The Hall–Kier alpha value is -3.13. The highest BCUT2D eigenvalue weighted by Gasteiger charge is 2.15. The highest BCUT2D eigenvalue weighted by molar-refractivity contribution is 5.85. The lowest BCUT2D eigenvalue weighted by Gasteiger charge is -1.98.